The smallest absolute Gasteiger partial charge is 0.163 e. The van der Waals surface area contributed by atoms with Crippen molar-refractivity contribution in [2.24, 2.45) is 10.8 Å². The van der Waals surface area contributed by atoms with E-state index in [1.54, 1.807) is 18.2 Å². The second-order valence-electron chi connectivity index (χ2n) is 11.8. The van der Waals surface area contributed by atoms with Crippen LogP contribution in [-0.4, -0.2) is 11.6 Å². The molecule has 3 aliphatic rings. The summed E-state index contributed by atoms with van der Waals surface area (Å²) in [4.78, 5) is 27.0. The number of carbonyl (C=O) groups excluding carboxylic acids is 2. The first kappa shape index (κ1) is 26.3. The maximum Gasteiger partial charge on any atom is 0.163 e. The van der Waals surface area contributed by atoms with Gasteiger partial charge in [0.1, 0.15) is 18.1 Å². The lowest BCUT2D eigenvalue weighted by Crippen LogP contribution is -2.37. The van der Waals surface area contributed by atoms with E-state index in [-0.39, 0.29) is 29.0 Å². The summed E-state index contributed by atoms with van der Waals surface area (Å²) in [6.45, 7) is 8.44. The highest BCUT2D eigenvalue weighted by molar-refractivity contribution is 6.37. The third-order valence-corrected chi connectivity index (χ3v) is 8.20. The van der Waals surface area contributed by atoms with Gasteiger partial charge >= 0.3 is 0 Å². The van der Waals surface area contributed by atoms with E-state index in [0.717, 1.165) is 5.56 Å². The van der Waals surface area contributed by atoms with Crippen molar-refractivity contribution in [3.05, 3.63) is 85.3 Å². The Morgan fingerprint density at radius 3 is 1.84 bits per heavy atom. The average molecular weight is 560 g/mol. The molecule has 0 saturated carbocycles. The molecule has 0 fully saturated rings. The Morgan fingerprint density at radius 2 is 1.32 bits per heavy atom. The van der Waals surface area contributed by atoms with Crippen LogP contribution in [0.5, 0.6) is 5.75 Å². The molecular weight excluding hydrogens is 531 g/mol. The molecule has 0 saturated heterocycles. The Hall–Kier alpha value is -2.27. The highest BCUT2D eigenvalue weighted by Crippen LogP contribution is 2.54. The number of Topliss-reactive ketones (excluding diaryl/α,β-unsaturated/α-hetero) is 2. The number of rotatable bonds is 4. The lowest BCUT2D eigenvalue weighted by Gasteiger charge is -2.42. The van der Waals surface area contributed by atoms with Crippen molar-refractivity contribution < 1.29 is 19.1 Å². The predicted octanol–water partition coefficient (Wildman–Crippen LogP) is 8.63. The molecule has 2 aromatic carbocycles. The molecule has 2 aliphatic carbocycles. The van der Waals surface area contributed by atoms with Crippen LogP contribution >= 0.6 is 34.8 Å². The van der Waals surface area contributed by atoms with E-state index in [1.807, 2.05) is 18.2 Å². The van der Waals surface area contributed by atoms with Crippen molar-refractivity contribution >= 4 is 46.4 Å². The van der Waals surface area contributed by atoms with Gasteiger partial charge in [-0.2, -0.15) is 0 Å². The molecule has 0 atom stereocenters. The number of hydrogen-bond acceptors (Lipinski definition) is 4. The monoisotopic (exact) mass is 558 g/mol. The zero-order chi connectivity index (χ0) is 26.7. The summed E-state index contributed by atoms with van der Waals surface area (Å²) in [7, 11) is 0. The topological polar surface area (TPSA) is 52.6 Å². The fourth-order valence-electron chi connectivity index (χ4n) is 5.66. The summed E-state index contributed by atoms with van der Waals surface area (Å²) in [5, 5.41) is 1.19. The van der Waals surface area contributed by atoms with Gasteiger partial charge in [0.15, 0.2) is 17.3 Å². The van der Waals surface area contributed by atoms with Crippen molar-refractivity contribution in [2.75, 3.05) is 0 Å². The van der Waals surface area contributed by atoms with Crippen LogP contribution < -0.4 is 4.74 Å². The minimum atomic E-state index is -0.571. The summed E-state index contributed by atoms with van der Waals surface area (Å²) in [6.07, 6.45) is 2.01. The molecule has 0 N–H and O–H groups in total. The lowest BCUT2D eigenvalue weighted by molar-refractivity contribution is -0.120. The maximum absolute atomic E-state index is 13.5. The number of carbonyl (C=O) groups is 2. The van der Waals surface area contributed by atoms with E-state index >= 15 is 0 Å². The highest BCUT2D eigenvalue weighted by atomic mass is 35.5. The molecule has 0 unspecified atom stereocenters. The zero-order valence-electron chi connectivity index (χ0n) is 21.3. The van der Waals surface area contributed by atoms with Gasteiger partial charge in [-0.1, -0.05) is 80.7 Å². The van der Waals surface area contributed by atoms with Gasteiger partial charge in [-0.15, -0.1) is 0 Å². The van der Waals surface area contributed by atoms with Gasteiger partial charge in [-0.05, 0) is 34.6 Å². The first-order valence-corrected chi connectivity index (χ1v) is 13.5. The number of benzene rings is 2. The van der Waals surface area contributed by atoms with Crippen molar-refractivity contribution in [1.82, 2.24) is 0 Å². The summed E-state index contributed by atoms with van der Waals surface area (Å²) in [6, 6.07) is 10.9. The molecule has 2 aromatic rings. The molecule has 4 nitrogen and oxygen atoms in total. The third-order valence-electron chi connectivity index (χ3n) is 7.27. The number of ether oxygens (including phenoxy) is 2. The first-order valence-electron chi connectivity index (χ1n) is 12.4. The van der Waals surface area contributed by atoms with Crippen LogP contribution in [0.25, 0.3) is 0 Å². The van der Waals surface area contributed by atoms with E-state index in [1.165, 1.54) is 0 Å². The van der Waals surface area contributed by atoms with E-state index < -0.39 is 5.92 Å². The SMILES string of the molecule is CC1(C)CC(=O)C2=C(C1)OC1=C(C(=O)CC(C)(C)C1)C2c1cc(Cl)c(OCc2ccccc2Cl)c(Cl)c1. The van der Waals surface area contributed by atoms with Gasteiger partial charge in [0.05, 0.1) is 10.0 Å². The Kier molecular flexibility index (Phi) is 6.75. The summed E-state index contributed by atoms with van der Waals surface area (Å²) in [5.74, 6) is 1.05. The Balaban J connectivity index is 1.58. The Bertz CT molecular complexity index is 1310. The third kappa shape index (κ3) is 5.08. The molecular formula is C30H29Cl3O4. The fourth-order valence-corrected chi connectivity index (χ4v) is 6.46. The fraction of sp³-hybridized carbons (Fsp3) is 0.400. The second kappa shape index (κ2) is 9.48. The average Bonchev–Trinajstić information content (AvgIpc) is 2.76. The van der Waals surface area contributed by atoms with Crippen molar-refractivity contribution in [3.63, 3.8) is 0 Å². The van der Waals surface area contributed by atoms with E-state index in [0.29, 0.717) is 74.7 Å². The van der Waals surface area contributed by atoms with Crippen LogP contribution in [0, 0.1) is 10.8 Å². The van der Waals surface area contributed by atoms with Gasteiger partial charge in [-0.25, -0.2) is 0 Å². The minimum Gasteiger partial charge on any atom is -0.486 e. The number of allylic oxidation sites excluding steroid dienone is 4. The first-order chi connectivity index (χ1) is 17.3. The lowest BCUT2D eigenvalue weighted by atomic mass is 9.65. The quantitative estimate of drug-likeness (QED) is 0.376. The van der Waals surface area contributed by atoms with Gasteiger partial charge in [0, 0.05) is 53.3 Å². The number of hydrogen-bond donors (Lipinski definition) is 0. The summed E-state index contributed by atoms with van der Waals surface area (Å²) in [5.41, 5.74) is 2.13. The largest absolute Gasteiger partial charge is 0.486 e. The molecule has 5 rings (SSSR count). The number of halogens is 3. The highest BCUT2D eigenvalue weighted by Gasteiger charge is 2.48. The van der Waals surface area contributed by atoms with Gasteiger partial charge in [-0.3, -0.25) is 9.59 Å². The molecule has 0 radical (unpaired) electrons. The molecule has 0 bridgehead atoms. The maximum atomic E-state index is 13.5. The van der Waals surface area contributed by atoms with Gasteiger partial charge in [0.25, 0.3) is 0 Å². The molecule has 0 aromatic heterocycles. The molecule has 194 valence electrons. The van der Waals surface area contributed by atoms with Crippen molar-refractivity contribution in [2.45, 2.75) is 65.9 Å². The van der Waals surface area contributed by atoms with Crippen LogP contribution in [0.3, 0.4) is 0 Å². The van der Waals surface area contributed by atoms with Gasteiger partial charge in [0.2, 0.25) is 0 Å². The summed E-state index contributed by atoms with van der Waals surface area (Å²) >= 11 is 19.7. The van der Waals surface area contributed by atoms with Crippen molar-refractivity contribution in [3.8, 4) is 5.75 Å². The second-order valence-corrected chi connectivity index (χ2v) is 13.0. The zero-order valence-corrected chi connectivity index (χ0v) is 23.6. The standard InChI is InChI=1S/C30H29Cl3O4/c1-29(2)11-21(34)26-23(13-29)37-24-14-30(3,4)12-22(35)27(24)25(26)17-9-19(32)28(20(33)10-17)36-15-16-7-5-6-8-18(16)31/h5-10,25H,11-15H2,1-4H3. The Labute approximate surface area is 232 Å². The van der Waals surface area contributed by atoms with Crippen LogP contribution in [0.1, 0.15) is 70.4 Å². The molecule has 7 heteroatoms. The van der Waals surface area contributed by atoms with Crippen molar-refractivity contribution in [1.29, 1.82) is 0 Å². The van der Waals surface area contributed by atoms with E-state index in [4.69, 9.17) is 44.3 Å². The summed E-state index contributed by atoms with van der Waals surface area (Å²) < 4.78 is 12.3. The van der Waals surface area contributed by atoms with Crippen LogP contribution in [0.2, 0.25) is 15.1 Å². The molecule has 0 amide bonds. The number of ketones is 2. The van der Waals surface area contributed by atoms with Crippen LogP contribution in [-0.2, 0) is 20.9 Å². The molecule has 0 spiro atoms. The van der Waals surface area contributed by atoms with E-state index in [2.05, 4.69) is 27.7 Å². The Morgan fingerprint density at radius 1 is 0.811 bits per heavy atom. The predicted molar refractivity (Wildman–Crippen MR) is 146 cm³/mol. The van der Waals surface area contributed by atoms with Crippen LogP contribution in [0.15, 0.2) is 59.1 Å². The molecule has 1 aliphatic heterocycles. The van der Waals surface area contributed by atoms with Gasteiger partial charge < -0.3 is 9.47 Å². The van der Waals surface area contributed by atoms with Crippen LogP contribution in [0.4, 0.5) is 0 Å². The molecule has 37 heavy (non-hydrogen) atoms. The minimum absolute atomic E-state index is 0.00766. The normalized spacial score (nSPS) is 20.9. The van der Waals surface area contributed by atoms with E-state index in [9.17, 15) is 9.59 Å². The molecule has 1 heterocycles.